The van der Waals surface area contributed by atoms with Crippen molar-refractivity contribution < 1.29 is 14.4 Å². The van der Waals surface area contributed by atoms with Gasteiger partial charge in [-0.1, -0.05) is 38.5 Å². The Labute approximate surface area is 201 Å². The van der Waals surface area contributed by atoms with Crippen LogP contribution in [0.4, 0.5) is 10.5 Å². The normalized spacial score (nSPS) is 19.8. The minimum atomic E-state index is -0.677. The van der Waals surface area contributed by atoms with Gasteiger partial charge in [0.15, 0.2) is 0 Å². The molecule has 0 radical (unpaired) electrons. The second kappa shape index (κ2) is 9.17. The molecule has 1 aromatic rings. The fraction of sp³-hybridized carbons (Fsp3) is 0.542. The third kappa shape index (κ3) is 4.96. The van der Waals surface area contributed by atoms with E-state index in [-0.39, 0.29) is 11.8 Å². The van der Waals surface area contributed by atoms with E-state index in [1.54, 1.807) is 9.91 Å². The highest BCUT2D eigenvalue weighted by molar-refractivity contribution is 5.95. The summed E-state index contributed by atoms with van der Waals surface area (Å²) in [5.41, 5.74) is 2.03. The number of hydrogen-bond acceptors (Lipinski definition) is 6. The maximum atomic E-state index is 13.4. The Morgan fingerprint density at radius 2 is 1.65 bits per heavy atom. The number of fused-ring (bicyclic) bond motifs is 1. The Kier molecular flexibility index (Phi) is 6.44. The number of rotatable bonds is 4. The average molecular weight is 470 g/mol. The molecule has 3 heterocycles. The third-order valence-electron chi connectivity index (χ3n) is 6.44. The Hall–Kier alpha value is -3.27. The van der Waals surface area contributed by atoms with Gasteiger partial charge in [-0.15, -0.1) is 0 Å². The van der Waals surface area contributed by atoms with Gasteiger partial charge in [0.25, 0.3) is 5.91 Å². The highest BCUT2D eigenvalue weighted by Crippen LogP contribution is 2.27. The molecule has 0 aromatic heterocycles. The molecule has 3 aliphatic rings. The first kappa shape index (κ1) is 23.9. The quantitative estimate of drug-likeness (QED) is 0.694. The smallest absolute Gasteiger partial charge is 0.319 e. The van der Waals surface area contributed by atoms with Crippen LogP contribution in [0.25, 0.3) is 0 Å². The molecule has 10 nitrogen and oxygen atoms in total. The Morgan fingerprint density at radius 3 is 2.24 bits per heavy atom. The number of anilines is 1. The summed E-state index contributed by atoms with van der Waals surface area (Å²) in [6.45, 7) is 11.2. The van der Waals surface area contributed by atoms with Crippen LogP contribution in [0.3, 0.4) is 0 Å². The summed E-state index contributed by atoms with van der Waals surface area (Å²) in [5, 5.41) is 9.49. The van der Waals surface area contributed by atoms with Crippen LogP contribution in [0, 0.1) is 12.3 Å². The standard InChI is InChI=1S/C24H35N7O3/c1-17-6-8-18(9-7-17)25-23(34)26-20(24(2,3)4)22(33)28-10-12-30(13-11-28)31-16-29-15-27(5)14-19(29)21(31)32/h6-9,14,20H,10-13,15-16H2,1-5H3,(H2,25,26,34)/t20-/m0/s1. The highest BCUT2D eigenvalue weighted by Gasteiger charge is 2.42. The highest BCUT2D eigenvalue weighted by atomic mass is 16.2. The maximum absolute atomic E-state index is 13.4. The third-order valence-corrected chi connectivity index (χ3v) is 6.44. The molecular weight excluding hydrogens is 434 g/mol. The number of hydrogen-bond donors (Lipinski definition) is 2. The summed E-state index contributed by atoms with van der Waals surface area (Å²) >= 11 is 0. The molecule has 2 saturated heterocycles. The molecule has 0 spiro atoms. The number of amides is 4. The summed E-state index contributed by atoms with van der Waals surface area (Å²) in [5.74, 6) is -0.102. The molecule has 1 atom stereocenters. The van der Waals surface area contributed by atoms with Crippen molar-refractivity contribution in [2.75, 3.05) is 51.9 Å². The lowest BCUT2D eigenvalue weighted by Gasteiger charge is -2.41. The van der Waals surface area contributed by atoms with Gasteiger partial charge in [0, 0.05) is 45.1 Å². The van der Waals surface area contributed by atoms with E-state index in [0.29, 0.717) is 45.2 Å². The molecule has 184 valence electrons. The molecule has 0 aliphatic carbocycles. The van der Waals surface area contributed by atoms with E-state index in [1.807, 2.05) is 80.0 Å². The van der Waals surface area contributed by atoms with Gasteiger partial charge in [-0.25, -0.2) is 14.8 Å². The Bertz CT molecular complexity index is 977. The lowest BCUT2D eigenvalue weighted by atomic mass is 9.85. The number of benzene rings is 1. The van der Waals surface area contributed by atoms with Crippen LogP contribution >= 0.6 is 0 Å². The summed E-state index contributed by atoms with van der Waals surface area (Å²) in [6.07, 6.45) is 1.88. The maximum Gasteiger partial charge on any atom is 0.319 e. The minimum absolute atomic E-state index is 0.00568. The van der Waals surface area contributed by atoms with Crippen molar-refractivity contribution in [2.24, 2.45) is 5.41 Å². The molecule has 34 heavy (non-hydrogen) atoms. The molecule has 2 fully saturated rings. The predicted octanol–water partition coefficient (Wildman–Crippen LogP) is 1.44. The summed E-state index contributed by atoms with van der Waals surface area (Å²) in [4.78, 5) is 44.7. The molecule has 4 amide bonds. The fourth-order valence-electron chi connectivity index (χ4n) is 4.49. The number of urea groups is 1. The lowest BCUT2D eigenvalue weighted by Crippen LogP contribution is -2.61. The van der Waals surface area contributed by atoms with Gasteiger partial charge in [-0.3, -0.25) is 9.59 Å². The molecule has 10 heteroatoms. The fourth-order valence-corrected chi connectivity index (χ4v) is 4.49. The number of hydrazine groups is 1. The van der Waals surface area contributed by atoms with Crippen molar-refractivity contribution in [3.8, 4) is 0 Å². The zero-order chi connectivity index (χ0) is 24.6. The minimum Gasteiger partial charge on any atom is -0.361 e. The van der Waals surface area contributed by atoms with E-state index in [9.17, 15) is 14.4 Å². The van der Waals surface area contributed by atoms with Crippen LogP contribution in [0.1, 0.15) is 26.3 Å². The number of piperazine rings is 1. The molecule has 2 N–H and O–H groups in total. The predicted molar refractivity (Wildman–Crippen MR) is 129 cm³/mol. The molecule has 3 aliphatic heterocycles. The van der Waals surface area contributed by atoms with Gasteiger partial charge in [0.2, 0.25) is 5.91 Å². The van der Waals surface area contributed by atoms with Gasteiger partial charge in [-0.2, -0.15) is 0 Å². The topological polar surface area (TPSA) is 91.5 Å². The summed E-state index contributed by atoms with van der Waals surface area (Å²) in [6, 6.07) is 6.43. The molecule has 0 bridgehead atoms. The van der Waals surface area contributed by atoms with E-state index in [2.05, 4.69) is 10.6 Å². The SMILES string of the molecule is Cc1ccc(NC(=O)N[C@@H](C(=O)N2CCN(N3CN4CN(C)C=C4C3=O)CC2)C(C)(C)C)cc1. The van der Waals surface area contributed by atoms with Gasteiger partial charge in [-0.05, 0) is 24.5 Å². The molecule has 0 unspecified atom stereocenters. The van der Waals surface area contributed by atoms with Crippen molar-refractivity contribution in [1.29, 1.82) is 0 Å². The first-order valence-electron chi connectivity index (χ1n) is 11.7. The average Bonchev–Trinajstić information content (AvgIpc) is 3.29. The van der Waals surface area contributed by atoms with Crippen LogP contribution in [0.15, 0.2) is 36.2 Å². The zero-order valence-corrected chi connectivity index (χ0v) is 20.7. The zero-order valence-electron chi connectivity index (χ0n) is 20.7. The first-order chi connectivity index (χ1) is 16.0. The number of nitrogens with one attached hydrogen (secondary N) is 2. The molecule has 1 aromatic carbocycles. The van der Waals surface area contributed by atoms with E-state index < -0.39 is 17.5 Å². The van der Waals surface area contributed by atoms with Gasteiger partial charge in [0.05, 0.1) is 6.67 Å². The van der Waals surface area contributed by atoms with Crippen molar-refractivity contribution in [3.63, 3.8) is 0 Å². The van der Waals surface area contributed by atoms with E-state index in [4.69, 9.17) is 0 Å². The van der Waals surface area contributed by atoms with Crippen LogP contribution in [-0.2, 0) is 9.59 Å². The van der Waals surface area contributed by atoms with E-state index in [1.165, 1.54) is 0 Å². The molecule has 4 rings (SSSR count). The van der Waals surface area contributed by atoms with Gasteiger partial charge in [0.1, 0.15) is 18.4 Å². The van der Waals surface area contributed by atoms with Crippen LogP contribution < -0.4 is 10.6 Å². The molecule has 0 saturated carbocycles. The molecular formula is C24H35N7O3. The lowest BCUT2D eigenvalue weighted by molar-refractivity contribution is -0.150. The largest absolute Gasteiger partial charge is 0.361 e. The second-order valence-corrected chi connectivity index (χ2v) is 10.3. The Morgan fingerprint density at radius 1 is 1.00 bits per heavy atom. The van der Waals surface area contributed by atoms with Gasteiger partial charge < -0.3 is 25.3 Å². The van der Waals surface area contributed by atoms with Crippen molar-refractivity contribution >= 4 is 23.5 Å². The number of aryl methyl sites for hydroxylation is 1. The number of nitrogens with zero attached hydrogens (tertiary/aromatic N) is 5. The van der Waals surface area contributed by atoms with Crippen molar-refractivity contribution in [2.45, 2.75) is 33.7 Å². The van der Waals surface area contributed by atoms with Crippen LogP contribution in [0.2, 0.25) is 0 Å². The number of carbonyl (C=O) groups is 3. The van der Waals surface area contributed by atoms with Crippen LogP contribution in [0.5, 0.6) is 0 Å². The Balaban J connectivity index is 1.35. The van der Waals surface area contributed by atoms with Gasteiger partial charge >= 0.3 is 6.03 Å². The summed E-state index contributed by atoms with van der Waals surface area (Å²) < 4.78 is 0. The van der Waals surface area contributed by atoms with Crippen molar-refractivity contribution in [1.82, 2.24) is 30.0 Å². The summed E-state index contributed by atoms with van der Waals surface area (Å²) in [7, 11) is 1.95. The van der Waals surface area contributed by atoms with Crippen molar-refractivity contribution in [3.05, 3.63) is 41.7 Å². The van der Waals surface area contributed by atoms with Crippen LogP contribution in [-0.4, -0.2) is 95.2 Å². The number of carbonyl (C=O) groups excluding carboxylic acids is 3. The second-order valence-electron chi connectivity index (χ2n) is 10.3. The monoisotopic (exact) mass is 469 g/mol. The van der Waals surface area contributed by atoms with E-state index >= 15 is 0 Å². The first-order valence-corrected chi connectivity index (χ1v) is 11.7. The van der Waals surface area contributed by atoms with E-state index in [0.717, 1.165) is 11.3 Å².